The number of fused-ring (bicyclic) bond motifs is 1. The fraction of sp³-hybridized carbons (Fsp3) is 0.214. The van der Waals surface area contributed by atoms with Gasteiger partial charge in [0, 0.05) is 28.7 Å². The van der Waals surface area contributed by atoms with E-state index in [4.69, 9.17) is 26.4 Å². The molecular weight excluding hydrogens is 474 g/mol. The molecule has 0 aliphatic carbocycles. The first kappa shape index (κ1) is 25.1. The van der Waals surface area contributed by atoms with Crippen LogP contribution >= 0.6 is 12.2 Å². The molecule has 8 heteroatoms. The van der Waals surface area contributed by atoms with Crippen molar-refractivity contribution in [2.75, 3.05) is 26.1 Å². The number of aromatic nitrogens is 1. The number of H-pyrrole nitrogens is 1. The Kier molecular flexibility index (Phi) is 8.07. The van der Waals surface area contributed by atoms with Crippen LogP contribution in [0.15, 0.2) is 77.6 Å². The summed E-state index contributed by atoms with van der Waals surface area (Å²) in [7, 11) is 3.26. The number of anilines is 1. The molecule has 4 aromatic rings. The predicted molar refractivity (Wildman–Crippen MR) is 147 cm³/mol. The smallest absolute Gasteiger partial charge is 0.253 e. The lowest BCUT2D eigenvalue weighted by Gasteiger charge is -2.26. The maximum Gasteiger partial charge on any atom is 0.253 e. The van der Waals surface area contributed by atoms with Gasteiger partial charge in [-0.3, -0.25) is 4.79 Å². The number of ether oxygens (including phenoxy) is 3. The fourth-order valence-corrected chi connectivity index (χ4v) is 4.08. The van der Waals surface area contributed by atoms with Crippen molar-refractivity contribution in [1.82, 2.24) is 9.88 Å². The SMILES string of the molecule is CCOc1ccc2[nH]c(=O)c(CN(Cc3ccc(OC)cc3)C(=S)Nc3ccc(OC)cc3)cc2c1. The number of methoxy groups -OCH3 is 2. The van der Waals surface area contributed by atoms with Gasteiger partial charge in [-0.25, -0.2) is 0 Å². The van der Waals surface area contributed by atoms with E-state index in [1.54, 1.807) is 14.2 Å². The monoisotopic (exact) mass is 503 g/mol. The van der Waals surface area contributed by atoms with Gasteiger partial charge in [0.15, 0.2) is 5.11 Å². The Hall–Kier alpha value is -4.04. The second kappa shape index (κ2) is 11.6. The van der Waals surface area contributed by atoms with Crippen molar-refractivity contribution in [2.24, 2.45) is 0 Å². The molecule has 0 unspecified atom stereocenters. The first-order chi connectivity index (χ1) is 17.5. The number of thiocarbonyl (C=S) groups is 1. The molecule has 1 aromatic heterocycles. The van der Waals surface area contributed by atoms with Crippen molar-refractivity contribution in [2.45, 2.75) is 20.0 Å². The molecule has 186 valence electrons. The van der Waals surface area contributed by atoms with Gasteiger partial charge in [-0.05, 0) is 85.4 Å². The summed E-state index contributed by atoms with van der Waals surface area (Å²) < 4.78 is 16.2. The van der Waals surface area contributed by atoms with Crippen LogP contribution in [0.25, 0.3) is 10.9 Å². The van der Waals surface area contributed by atoms with Gasteiger partial charge >= 0.3 is 0 Å². The summed E-state index contributed by atoms with van der Waals surface area (Å²) in [6.07, 6.45) is 0. The average molecular weight is 504 g/mol. The van der Waals surface area contributed by atoms with Crippen LogP contribution in [0.2, 0.25) is 0 Å². The van der Waals surface area contributed by atoms with Gasteiger partial charge in [0.25, 0.3) is 5.56 Å². The summed E-state index contributed by atoms with van der Waals surface area (Å²) in [4.78, 5) is 17.9. The van der Waals surface area contributed by atoms with Crippen LogP contribution in [-0.2, 0) is 13.1 Å². The third kappa shape index (κ3) is 6.14. The Bertz CT molecular complexity index is 1390. The van der Waals surface area contributed by atoms with E-state index in [2.05, 4.69) is 10.3 Å². The molecule has 0 aliphatic rings. The molecule has 0 bridgehead atoms. The molecule has 0 spiro atoms. The van der Waals surface area contributed by atoms with Gasteiger partial charge in [-0.1, -0.05) is 12.1 Å². The van der Waals surface area contributed by atoms with Crippen LogP contribution in [0, 0.1) is 0 Å². The molecule has 7 nitrogen and oxygen atoms in total. The molecular formula is C28H29N3O4S. The quantitative estimate of drug-likeness (QED) is 0.299. The third-order valence-electron chi connectivity index (χ3n) is 5.73. The maximum atomic E-state index is 13.0. The Morgan fingerprint density at radius 3 is 2.17 bits per heavy atom. The van der Waals surface area contributed by atoms with Gasteiger partial charge in [0.05, 0.1) is 27.4 Å². The molecule has 0 saturated heterocycles. The molecule has 4 rings (SSSR count). The van der Waals surface area contributed by atoms with Gasteiger partial charge in [-0.2, -0.15) is 0 Å². The summed E-state index contributed by atoms with van der Waals surface area (Å²) in [6.45, 7) is 3.33. The molecule has 3 aromatic carbocycles. The van der Waals surface area contributed by atoms with Gasteiger partial charge < -0.3 is 29.4 Å². The Morgan fingerprint density at radius 2 is 1.53 bits per heavy atom. The summed E-state index contributed by atoms with van der Waals surface area (Å²) in [5.74, 6) is 2.30. The van der Waals surface area contributed by atoms with Gasteiger partial charge in [0.1, 0.15) is 17.2 Å². The van der Waals surface area contributed by atoms with E-state index in [9.17, 15) is 4.79 Å². The summed E-state index contributed by atoms with van der Waals surface area (Å²) in [5, 5.41) is 4.68. The highest BCUT2D eigenvalue weighted by Gasteiger charge is 2.15. The van der Waals surface area contributed by atoms with Crippen LogP contribution in [0.1, 0.15) is 18.1 Å². The van der Waals surface area contributed by atoms with Crippen LogP contribution in [0.5, 0.6) is 17.2 Å². The van der Waals surface area contributed by atoms with Crippen LogP contribution in [0.3, 0.4) is 0 Å². The third-order valence-corrected chi connectivity index (χ3v) is 6.09. The minimum atomic E-state index is -0.154. The number of nitrogens with one attached hydrogen (secondary N) is 2. The first-order valence-corrected chi connectivity index (χ1v) is 12.0. The summed E-state index contributed by atoms with van der Waals surface area (Å²) >= 11 is 5.79. The molecule has 0 atom stereocenters. The Morgan fingerprint density at radius 1 is 0.889 bits per heavy atom. The molecule has 2 N–H and O–H groups in total. The first-order valence-electron chi connectivity index (χ1n) is 11.6. The van der Waals surface area contributed by atoms with Crippen LogP contribution in [-0.4, -0.2) is 35.8 Å². The number of benzene rings is 3. The van der Waals surface area contributed by atoms with Gasteiger partial charge in [0.2, 0.25) is 0 Å². The maximum absolute atomic E-state index is 13.0. The van der Waals surface area contributed by atoms with E-state index >= 15 is 0 Å². The topological polar surface area (TPSA) is 75.8 Å². The van der Waals surface area contributed by atoms with Crippen molar-refractivity contribution < 1.29 is 14.2 Å². The number of hydrogen-bond acceptors (Lipinski definition) is 5. The second-order valence-electron chi connectivity index (χ2n) is 8.17. The number of aromatic amines is 1. The summed E-state index contributed by atoms with van der Waals surface area (Å²) in [5.41, 5.74) is 3.06. The highest BCUT2D eigenvalue weighted by molar-refractivity contribution is 7.80. The zero-order valence-electron chi connectivity index (χ0n) is 20.5. The highest BCUT2D eigenvalue weighted by Crippen LogP contribution is 2.21. The molecule has 36 heavy (non-hydrogen) atoms. The molecule has 0 amide bonds. The van der Waals surface area contributed by atoms with Crippen LogP contribution < -0.4 is 25.1 Å². The lowest BCUT2D eigenvalue weighted by Crippen LogP contribution is -2.35. The number of pyridine rings is 1. The van der Waals surface area contributed by atoms with E-state index in [1.807, 2.05) is 84.6 Å². The van der Waals surface area contributed by atoms with Crippen molar-refractivity contribution in [3.8, 4) is 17.2 Å². The molecule has 0 radical (unpaired) electrons. The zero-order chi connectivity index (χ0) is 25.5. The average Bonchev–Trinajstić information content (AvgIpc) is 2.90. The van der Waals surface area contributed by atoms with E-state index in [-0.39, 0.29) is 5.56 Å². The lowest BCUT2D eigenvalue weighted by molar-refractivity contribution is 0.340. The zero-order valence-corrected chi connectivity index (χ0v) is 21.4. The largest absolute Gasteiger partial charge is 0.497 e. The van der Waals surface area contributed by atoms with Gasteiger partial charge in [-0.15, -0.1) is 0 Å². The normalized spacial score (nSPS) is 10.6. The van der Waals surface area contributed by atoms with E-state index in [0.29, 0.717) is 30.4 Å². The fourth-order valence-electron chi connectivity index (χ4n) is 3.84. The van der Waals surface area contributed by atoms with Crippen LogP contribution in [0.4, 0.5) is 5.69 Å². The Balaban J connectivity index is 1.63. The second-order valence-corrected chi connectivity index (χ2v) is 8.56. The highest BCUT2D eigenvalue weighted by atomic mass is 32.1. The summed E-state index contributed by atoms with van der Waals surface area (Å²) in [6, 6.07) is 22.9. The number of nitrogens with zero attached hydrogens (tertiary/aromatic N) is 1. The van der Waals surface area contributed by atoms with E-state index < -0.39 is 0 Å². The number of hydrogen-bond donors (Lipinski definition) is 2. The minimum Gasteiger partial charge on any atom is -0.497 e. The molecule has 1 heterocycles. The Labute approximate surface area is 215 Å². The van der Waals surface area contributed by atoms with Crippen molar-refractivity contribution in [1.29, 1.82) is 0 Å². The molecule has 0 aliphatic heterocycles. The lowest BCUT2D eigenvalue weighted by atomic mass is 10.1. The number of rotatable bonds is 9. The van der Waals surface area contributed by atoms with Crippen molar-refractivity contribution in [3.05, 3.63) is 94.3 Å². The molecule has 0 saturated carbocycles. The predicted octanol–water partition coefficient (Wildman–Crippen LogP) is 5.34. The van der Waals surface area contributed by atoms with E-state index in [1.165, 1.54) is 0 Å². The minimum absolute atomic E-state index is 0.154. The molecule has 0 fully saturated rings. The standard InChI is InChI=1S/C28H29N3O4S/c1-4-35-25-13-14-26-20(16-25)15-21(27(32)30-26)18-31(17-19-5-9-23(33-2)10-6-19)28(36)29-22-7-11-24(34-3)12-8-22/h5-16H,4,17-18H2,1-3H3,(H,29,36)(H,30,32). The van der Waals surface area contributed by atoms with E-state index in [0.717, 1.165) is 39.4 Å². The van der Waals surface area contributed by atoms with Crippen molar-refractivity contribution >= 4 is 33.9 Å². The van der Waals surface area contributed by atoms with Crippen molar-refractivity contribution in [3.63, 3.8) is 0 Å².